The lowest BCUT2D eigenvalue weighted by Crippen LogP contribution is -2.05. The average molecular weight is 230 g/mol. The number of Topliss-reactive ketones (excluding diaryl/α,β-unsaturated/α-hetero) is 1. The first-order valence-electron chi connectivity index (χ1n) is 4.72. The number of ether oxygens (including phenoxy) is 1. The summed E-state index contributed by atoms with van der Waals surface area (Å²) >= 11 is 0. The SMILES string of the molecule is CC(=O)[C@H]1O[C@@H]1c1ccc(C(F)(F)F)cc1. The van der Waals surface area contributed by atoms with Gasteiger partial charge in [-0.1, -0.05) is 12.1 Å². The highest BCUT2D eigenvalue weighted by Crippen LogP contribution is 2.40. The maximum Gasteiger partial charge on any atom is 0.416 e. The van der Waals surface area contributed by atoms with Crippen LogP contribution in [0.1, 0.15) is 24.2 Å². The van der Waals surface area contributed by atoms with Gasteiger partial charge in [0, 0.05) is 0 Å². The Labute approximate surface area is 90.0 Å². The monoisotopic (exact) mass is 230 g/mol. The molecular formula is C11H9F3O2. The average Bonchev–Trinajstić information content (AvgIpc) is 2.96. The third-order valence-corrected chi connectivity index (χ3v) is 2.46. The normalized spacial score (nSPS) is 24.2. The molecule has 1 heterocycles. The summed E-state index contributed by atoms with van der Waals surface area (Å²) in [5, 5.41) is 0. The number of ketones is 1. The van der Waals surface area contributed by atoms with Gasteiger partial charge in [0.2, 0.25) is 0 Å². The molecule has 86 valence electrons. The van der Waals surface area contributed by atoms with Gasteiger partial charge >= 0.3 is 6.18 Å². The summed E-state index contributed by atoms with van der Waals surface area (Å²) in [5.41, 5.74) is -0.0931. The van der Waals surface area contributed by atoms with E-state index in [1.807, 2.05) is 0 Å². The van der Waals surface area contributed by atoms with E-state index in [2.05, 4.69) is 0 Å². The molecule has 0 radical (unpaired) electrons. The number of alkyl halides is 3. The predicted octanol–water partition coefficient (Wildman–Crippen LogP) is 2.73. The van der Waals surface area contributed by atoms with Crippen LogP contribution < -0.4 is 0 Å². The molecule has 2 nitrogen and oxygen atoms in total. The van der Waals surface area contributed by atoms with Crippen LogP contribution in [-0.2, 0) is 15.7 Å². The Balaban J connectivity index is 2.13. The number of hydrogen-bond donors (Lipinski definition) is 0. The van der Waals surface area contributed by atoms with Crippen molar-refractivity contribution in [2.24, 2.45) is 0 Å². The third-order valence-electron chi connectivity index (χ3n) is 2.46. The lowest BCUT2D eigenvalue weighted by Gasteiger charge is -2.06. The molecule has 0 spiro atoms. The van der Waals surface area contributed by atoms with Crippen molar-refractivity contribution in [3.63, 3.8) is 0 Å². The summed E-state index contributed by atoms with van der Waals surface area (Å²) in [4.78, 5) is 10.9. The van der Waals surface area contributed by atoms with E-state index in [4.69, 9.17) is 4.74 Å². The van der Waals surface area contributed by atoms with Crippen LogP contribution in [0.3, 0.4) is 0 Å². The fourth-order valence-corrected chi connectivity index (χ4v) is 1.54. The quantitative estimate of drug-likeness (QED) is 0.731. The summed E-state index contributed by atoms with van der Waals surface area (Å²) in [6.45, 7) is 1.40. The van der Waals surface area contributed by atoms with Crippen molar-refractivity contribution >= 4 is 5.78 Å². The molecule has 1 fully saturated rings. The van der Waals surface area contributed by atoms with Gasteiger partial charge in [-0.2, -0.15) is 13.2 Å². The highest BCUT2D eigenvalue weighted by Gasteiger charge is 2.44. The van der Waals surface area contributed by atoms with Crippen LogP contribution in [0.25, 0.3) is 0 Å². The maximum atomic E-state index is 12.3. The Bertz CT molecular complexity index is 408. The van der Waals surface area contributed by atoms with E-state index in [0.717, 1.165) is 12.1 Å². The molecule has 1 aliphatic heterocycles. The molecule has 0 amide bonds. The first kappa shape index (κ1) is 11.1. The molecule has 2 atom stereocenters. The minimum atomic E-state index is -4.33. The molecule has 0 bridgehead atoms. The Hall–Kier alpha value is -1.36. The zero-order chi connectivity index (χ0) is 11.9. The van der Waals surface area contributed by atoms with Crippen LogP contribution in [0.4, 0.5) is 13.2 Å². The minimum Gasteiger partial charge on any atom is -0.356 e. The van der Waals surface area contributed by atoms with Crippen LogP contribution in [0, 0.1) is 0 Å². The van der Waals surface area contributed by atoms with E-state index in [1.165, 1.54) is 19.1 Å². The van der Waals surface area contributed by atoms with Gasteiger partial charge in [0.1, 0.15) is 12.2 Å². The highest BCUT2D eigenvalue weighted by molar-refractivity contribution is 5.83. The predicted molar refractivity (Wildman–Crippen MR) is 49.7 cm³/mol. The summed E-state index contributed by atoms with van der Waals surface area (Å²) in [6.07, 6.45) is -5.19. The van der Waals surface area contributed by atoms with E-state index in [-0.39, 0.29) is 11.9 Å². The van der Waals surface area contributed by atoms with E-state index in [9.17, 15) is 18.0 Å². The number of benzene rings is 1. The first-order chi connectivity index (χ1) is 7.39. The van der Waals surface area contributed by atoms with Gasteiger partial charge in [0.15, 0.2) is 5.78 Å². The fraction of sp³-hybridized carbons (Fsp3) is 0.364. The second-order valence-corrected chi connectivity index (χ2v) is 3.71. The molecule has 1 aromatic carbocycles. The number of hydrogen-bond acceptors (Lipinski definition) is 2. The third kappa shape index (κ3) is 2.09. The Morgan fingerprint density at radius 2 is 1.81 bits per heavy atom. The topological polar surface area (TPSA) is 29.6 Å². The van der Waals surface area contributed by atoms with Gasteiger partial charge in [-0.15, -0.1) is 0 Å². The second-order valence-electron chi connectivity index (χ2n) is 3.71. The van der Waals surface area contributed by atoms with Crippen molar-refractivity contribution in [1.82, 2.24) is 0 Å². The van der Waals surface area contributed by atoms with Crippen molar-refractivity contribution in [3.05, 3.63) is 35.4 Å². The molecule has 1 aromatic rings. The smallest absolute Gasteiger partial charge is 0.356 e. The summed E-state index contributed by atoms with van der Waals surface area (Å²) in [7, 11) is 0. The molecule has 1 saturated heterocycles. The first-order valence-corrected chi connectivity index (χ1v) is 4.72. The number of carbonyl (C=O) groups excluding carboxylic acids is 1. The van der Waals surface area contributed by atoms with E-state index in [0.29, 0.717) is 5.56 Å². The van der Waals surface area contributed by atoms with Gasteiger partial charge in [0.05, 0.1) is 5.56 Å². The fourth-order valence-electron chi connectivity index (χ4n) is 1.54. The van der Waals surface area contributed by atoms with E-state index < -0.39 is 17.8 Å². The lowest BCUT2D eigenvalue weighted by molar-refractivity contribution is -0.137. The molecule has 0 N–H and O–H groups in total. The van der Waals surface area contributed by atoms with Crippen molar-refractivity contribution in [3.8, 4) is 0 Å². The number of rotatable bonds is 2. The van der Waals surface area contributed by atoms with Crippen molar-refractivity contribution in [2.45, 2.75) is 25.3 Å². The standard InChI is InChI=1S/C11H9F3O2/c1-6(15)9-10(16-9)7-2-4-8(5-3-7)11(12,13)14/h2-5,9-10H,1H3/t9-,10-/m1/s1. The Morgan fingerprint density at radius 1 is 1.25 bits per heavy atom. The number of halogens is 3. The van der Waals surface area contributed by atoms with E-state index >= 15 is 0 Å². The van der Waals surface area contributed by atoms with Crippen LogP contribution in [0.2, 0.25) is 0 Å². The van der Waals surface area contributed by atoms with Gasteiger partial charge in [-0.25, -0.2) is 0 Å². The highest BCUT2D eigenvalue weighted by atomic mass is 19.4. The van der Waals surface area contributed by atoms with Gasteiger partial charge in [-0.3, -0.25) is 4.79 Å². The molecule has 1 aliphatic rings. The van der Waals surface area contributed by atoms with Gasteiger partial charge in [-0.05, 0) is 24.6 Å². The summed E-state index contributed by atoms with van der Waals surface area (Å²) in [5.74, 6) is -0.107. The van der Waals surface area contributed by atoms with Crippen molar-refractivity contribution in [2.75, 3.05) is 0 Å². The van der Waals surface area contributed by atoms with Gasteiger partial charge in [0.25, 0.3) is 0 Å². The van der Waals surface area contributed by atoms with Crippen LogP contribution >= 0.6 is 0 Å². The molecule has 5 heteroatoms. The van der Waals surface area contributed by atoms with Crippen LogP contribution in [0.5, 0.6) is 0 Å². The van der Waals surface area contributed by atoms with Crippen molar-refractivity contribution < 1.29 is 22.7 Å². The van der Waals surface area contributed by atoms with E-state index in [1.54, 1.807) is 0 Å². The Kier molecular flexibility index (Phi) is 2.50. The lowest BCUT2D eigenvalue weighted by atomic mass is 10.1. The van der Waals surface area contributed by atoms with Crippen molar-refractivity contribution in [1.29, 1.82) is 0 Å². The number of epoxide rings is 1. The maximum absolute atomic E-state index is 12.3. The second kappa shape index (κ2) is 3.59. The van der Waals surface area contributed by atoms with Crippen LogP contribution in [-0.4, -0.2) is 11.9 Å². The molecule has 0 saturated carbocycles. The zero-order valence-corrected chi connectivity index (χ0v) is 8.41. The molecule has 0 unspecified atom stereocenters. The van der Waals surface area contributed by atoms with Crippen LogP contribution in [0.15, 0.2) is 24.3 Å². The summed E-state index contributed by atoms with van der Waals surface area (Å²) in [6, 6.07) is 4.68. The summed E-state index contributed by atoms with van der Waals surface area (Å²) < 4.78 is 41.8. The number of carbonyl (C=O) groups is 1. The molecular weight excluding hydrogens is 221 g/mol. The molecule has 0 aliphatic carbocycles. The van der Waals surface area contributed by atoms with Gasteiger partial charge < -0.3 is 4.74 Å². The molecule has 16 heavy (non-hydrogen) atoms. The zero-order valence-electron chi connectivity index (χ0n) is 8.41. The molecule has 2 rings (SSSR count). The minimum absolute atomic E-state index is 0.107. The largest absolute Gasteiger partial charge is 0.416 e. The molecule has 0 aromatic heterocycles. The Morgan fingerprint density at radius 3 is 2.19 bits per heavy atom.